The molecule has 1 aromatic carbocycles. The first kappa shape index (κ1) is 17.6. The highest BCUT2D eigenvalue weighted by Gasteiger charge is 2.26. The van der Waals surface area contributed by atoms with Crippen molar-refractivity contribution in [1.82, 2.24) is 9.80 Å². The molecule has 130 valence electrons. The third kappa shape index (κ3) is 4.90. The highest BCUT2D eigenvalue weighted by atomic mass is 32.1. The second kappa shape index (κ2) is 8.77. The molecule has 0 amide bonds. The topological polar surface area (TPSA) is 26.7 Å². The number of aliphatic hydroxyl groups is 1. The number of nitrogens with zero attached hydrogens (tertiary/aromatic N) is 2. The van der Waals surface area contributed by atoms with E-state index in [1.165, 1.54) is 15.3 Å². The van der Waals surface area contributed by atoms with Gasteiger partial charge in [0, 0.05) is 55.1 Å². The van der Waals surface area contributed by atoms with E-state index >= 15 is 0 Å². The Labute approximate surface area is 149 Å². The summed E-state index contributed by atoms with van der Waals surface area (Å²) in [5.41, 5.74) is 1.40. The van der Waals surface area contributed by atoms with Crippen molar-refractivity contribution in [3.8, 4) is 0 Å². The van der Waals surface area contributed by atoms with Gasteiger partial charge in [-0.2, -0.15) is 0 Å². The van der Waals surface area contributed by atoms with Gasteiger partial charge in [0.25, 0.3) is 0 Å². The molecule has 0 bridgehead atoms. The van der Waals surface area contributed by atoms with Crippen LogP contribution in [0.4, 0.5) is 0 Å². The number of aliphatic hydroxyl groups excluding tert-OH is 1. The molecular formula is C20H28N2OS. The molecule has 0 aliphatic carbocycles. The van der Waals surface area contributed by atoms with E-state index in [1.807, 2.05) is 11.3 Å². The Bertz CT molecular complexity index is 613. The van der Waals surface area contributed by atoms with Gasteiger partial charge in [0.05, 0.1) is 0 Å². The number of piperazine rings is 1. The molecule has 0 unspecified atom stereocenters. The van der Waals surface area contributed by atoms with Crippen LogP contribution in [0, 0.1) is 6.92 Å². The molecule has 2 aromatic rings. The van der Waals surface area contributed by atoms with Crippen LogP contribution in [0.5, 0.6) is 0 Å². The number of hydrogen-bond acceptors (Lipinski definition) is 4. The summed E-state index contributed by atoms with van der Waals surface area (Å²) in [6.45, 7) is 7.86. The average molecular weight is 345 g/mol. The van der Waals surface area contributed by atoms with E-state index in [2.05, 4.69) is 59.2 Å². The van der Waals surface area contributed by atoms with Crippen molar-refractivity contribution in [2.45, 2.75) is 32.4 Å². The summed E-state index contributed by atoms with van der Waals surface area (Å²) in [7, 11) is 0. The molecule has 1 fully saturated rings. The SMILES string of the molecule is Cc1ccc(CN2CCN(CCc3ccccc3)[C@H](CCO)C2)s1. The lowest BCUT2D eigenvalue weighted by molar-refractivity contribution is 0.0567. The lowest BCUT2D eigenvalue weighted by atomic mass is 10.1. The van der Waals surface area contributed by atoms with E-state index < -0.39 is 0 Å². The van der Waals surface area contributed by atoms with Crippen LogP contribution in [0.25, 0.3) is 0 Å². The van der Waals surface area contributed by atoms with Crippen molar-refractivity contribution < 1.29 is 5.11 Å². The normalized spacial score (nSPS) is 19.7. The lowest BCUT2D eigenvalue weighted by Gasteiger charge is -2.41. The fraction of sp³-hybridized carbons (Fsp3) is 0.500. The molecule has 1 saturated heterocycles. The summed E-state index contributed by atoms with van der Waals surface area (Å²) in [6.07, 6.45) is 1.96. The molecule has 4 heteroatoms. The van der Waals surface area contributed by atoms with Crippen LogP contribution >= 0.6 is 11.3 Å². The van der Waals surface area contributed by atoms with Crippen LogP contribution in [-0.2, 0) is 13.0 Å². The molecule has 1 atom stereocenters. The summed E-state index contributed by atoms with van der Waals surface area (Å²) < 4.78 is 0. The third-order valence-corrected chi connectivity index (χ3v) is 5.84. The molecule has 0 saturated carbocycles. The zero-order chi connectivity index (χ0) is 16.8. The largest absolute Gasteiger partial charge is 0.396 e. The third-order valence-electron chi connectivity index (χ3n) is 4.86. The molecule has 0 spiro atoms. The molecular weight excluding hydrogens is 316 g/mol. The second-order valence-corrected chi connectivity index (χ2v) is 8.06. The van der Waals surface area contributed by atoms with Gasteiger partial charge >= 0.3 is 0 Å². The minimum Gasteiger partial charge on any atom is -0.396 e. The Kier molecular flexibility index (Phi) is 6.44. The Morgan fingerprint density at radius 2 is 1.96 bits per heavy atom. The van der Waals surface area contributed by atoms with E-state index in [9.17, 15) is 5.11 Å². The smallest absolute Gasteiger partial charge is 0.0446 e. The first-order chi connectivity index (χ1) is 11.7. The summed E-state index contributed by atoms with van der Waals surface area (Å²) in [6, 6.07) is 15.6. The fourth-order valence-corrected chi connectivity index (χ4v) is 4.46. The molecule has 3 rings (SSSR count). The molecule has 1 aliphatic heterocycles. The lowest BCUT2D eigenvalue weighted by Crippen LogP contribution is -2.53. The van der Waals surface area contributed by atoms with Crippen molar-refractivity contribution in [3.05, 3.63) is 57.8 Å². The minimum atomic E-state index is 0.276. The Morgan fingerprint density at radius 3 is 2.67 bits per heavy atom. The second-order valence-electron chi connectivity index (χ2n) is 6.69. The van der Waals surface area contributed by atoms with Crippen molar-refractivity contribution in [2.75, 3.05) is 32.8 Å². The van der Waals surface area contributed by atoms with Crippen molar-refractivity contribution in [1.29, 1.82) is 0 Å². The van der Waals surface area contributed by atoms with Gasteiger partial charge in [-0.25, -0.2) is 0 Å². The van der Waals surface area contributed by atoms with Crippen LogP contribution in [0.15, 0.2) is 42.5 Å². The van der Waals surface area contributed by atoms with E-state index in [-0.39, 0.29) is 6.61 Å². The molecule has 1 aliphatic rings. The summed E-state index contributed by atoms with van der Waals surface area (Å²) in [5, 5.41) is 9.46. The van der Waals surface area contributed by atoms with Gasteiger partial charge in [-0.05, 0) is 37.5 Å². The van der Waals surface area contributed by atoms with E-state index in [1.54, 1.807) is 0 Å². The summed E-state index contributed by atoms with van der Waals surface area (Å²) >= 11 is 1.90. The predicted molar refractivity (Wildman–Crippen MR) is 102 cm³/mol. The minimum absolute atomic E-state index is 0.276. The molecule has 24 heavy (non-hydrogen) atoms. The number of rotatable bonds is 7. The number of hydrogen-bond donors (Lipinski definition) is 1. The van der Waals surface area contributed by atoms with Crippen molar-refractivity contribution in [2.24, 2.45) is 0 Å². The zero-order valence-corrected chi connectivity index (χ0v) is 15.3. The maximum atomic E-state index is 9.46. The van der Waals surface area contributed by atoms with Gasteiger partial charge in [0.15, 0.2) is 0 Å². The van der Waals surface area contributed by atoms with Crippen LogP contribution < -0.4 is 0 Å². The monoisotopic (exact) mass is 344 g/mol. The predicted octanol–water partition coefficient (Wildman–Crippen LogP) is 3.17. The maximum absolute atomic E-state index is 9.46. The number of aryl methyl sites for hydroxylation is 1. The van der Waals surface area contributed by atoms with E-state index in [0.717, 1.165) is 45.6 Å². The molecule has 1 N–H and O–H groups in total. The van der Waals surface area contributed by atoms with Gasteiger partial charge in [0.2, 0.25) is 0 Å². The highest BCUT2D eigenvalue weighted by Crippen LogP contribution is 2.20. The zero-order valence-electron chi connectivity index (χ0n) is 14.5. The van der Waals surface area contributed by atoms with Crippen LogP contribution in [0.1, 0.15) is 21.7 Å². The number of thiophene rings is 1. The number of benzene rings is 1. The van der Waals surface area contributed by atoms with E-state index in [4.69, 9.17) is 0 Å². The van der Waals surface area contributed by atoms with Crippen molar-refractivity contribution >= 4 is 11.3 Å². The van der Waals surface area contributed by atoms with Gasteiger partial charge in [0.1, 0.15) is 0 Å². The average Bonchev–Trinajstić information content (AvgIpc) is 3.00. The van der Waals surface area contributed by atoms with Crippen LogP contribution in [0.3, 0.4) is 0 Å². The van der Waals surface area contributed by atoms with Crippen molar-refractivity contribution in [3.63, 3.8) is 0 Å². The Hall–Kier alpha value is -1.20. The Morgan fingerprint density at radius 1 is 1.12 bits per heavy atom. The maximum Gasteiger partial charge on any atom is 0.0446 e. The first-order valence-electron chi connectivity index (χ1n) is 8.91. The van der Waals surface area contributed by atoms with Crippen LogP contribution in [0.2, 0.25) is 0 Å². The quantitative estimate of drug-likeness (QED) is 0.836. The molecule has 0 radical (unpaired) electrons. The fourth-order valence-electron chi connectivity index (χ4n) is 3.53. The summed E-state index contributed by atoms with van der Waals surface area (Å²) in [4.78, 5) is 7.95. The molecule has 3 nitrogen and oxygen atoms in total. The first-order valence-corrected chi connectivity index (χ1v) is 9.73. The molecule has 1 aromatic heterocycles. The van der Waals surface area contributed by atoms with Crippen LogP contribution in [-0.4, -0.2) is 53.7 Å². The standard InChI is InChI=1S/C20H28N2OS/c1-17-7-8-20(24-17)16-21-12-13-22(19(15-21)10-14-23)11-9-18-5-3-2-4-6-18/h2-8,19,23H,9-16H2,1H3/t19-/m1/s1. The highest BCUT2D eigenvalue weighted by molar-refractivity contribution is 7.11. The van der Waals surface area contributed by atoms with Gasteiger partial charge in [-0.3, -0.25) is 9.80 Å². The van der Waals surface area contributed by atoms with Gasteiger partial charge in [-0.1, -0.05) is 30.3 Å². The summed E-state index contributed by atoms with van der Waals surface area (Å²) in [5.74, 6) is 0. The molecule has 2 heterocycles. The van der Waals surface area contributed by atoms with Gasteiger partial charge in [-0.15, -0.1) is 11.3 Å². The Balaban J connectivity index is 1.54. The van der Waals surface area contributed by atoms with Gasteiger partial charge < -0.3 is 5.11 Å². The van der Waals surface area contributed by atoms with E-state index in [0.29, 0.717) is 6.04 Å².